The van der Waals surface area contributed by atoms with Crippen LogP contribution in [0.15, 0.2) is 24.4 Å². The molecule has 0 spiro atoms. The number of fused-ring (bicyclic) bond motifs is 1. The summed E-state index contributed by atoms with van der Waals surface area (Å²) in [5.41, 5.74) is 1.87. The van der Waals surface area contributed by atoms with Crippen LogP contribution in [0.1, 0.15) is 30.7 Å². The van der Waals surface area contributed by atoms with E-state index in [-0.39, 0.29) is 18.2 Å². The number of aliphatic carboxylic acids is 1. The van der Waals surface area contributed by atoms with Gasteiger partial charge in [-0.2, -0.15) is 0 Å². The lowest BCUT2D eigenvalue weighted by Gasteiger charge is -2.13. The Bertz CT molecular complexity index is 643. The number of nitrogens with zero attached hydrogens (tertiary/aromatic N) is 1. The quantitative estimate of drug-likeness (QED) is 0.917. The molecule has 1 aliphatic rings. The predicted octanol–water partition coefficient (Wildman–Crippen LogP) is 3.29. The summed E-state index contributed by atoms with van der Waals surface area (Å²) in [6.45, 7) is 0. The Kier molecular flexibility index (Phi) is 2.81. The van der Waals surface area contributed by atoms with Gasteiger partial charge in [0.2, 0.25) is 0 Å². The van der Waals surface area contributed by atoms with Gasteiger partial charge in [0.05, 0.1) is 11.9 Å². The lowest BCUT2D eigenvalue weighted by Crippen LogP contribution is -2.08. The van der Waals surface area contributed by atoms with E-state index < -0.39 is 5.97 Å². The topological polar surface area (TPSA) is 42.2 Å². The summed E-state index contributed by atoms with van der Waals surface area (Å²) >= 11 is 0. The number of aryl methyl sites for hydroxylation is 1. The first kappa shape index (κ1) is 12.2. The van der Waals surface area contributed by atoms with Crippen molar-refractivity contribution in [3.8, 4) is 0 Å². The molecule has 0 amide bonds. The van der Waals surface area contributed by atoms with E-state index in [4.69, 9.17) is 5.11 Å². The van der Waals surface area contributed by atoms with Crippen molar-refractivity contribution >= 4 is 16.9 Å². The Hall–Kier alpha value is -1.84. The first-order valence-electron chi connectivity index (χ1n) is 6.52. The van der Waals surface area contributed by atoms with Crippen LogP contribution in [0.25, 0.3) is 10.9 Å². The maximum absolute atomic E-state index is 13.3. The molecule has 4 heteroatoms. The van der Waals surface area contributed by atoms with Gasteiger partial charge in [-0.3, -0.25) is 4.79 Å². The van der Waals surface area contributed by atoms with Gasteiger partial charge in [-0.15, -0.1) is 0 Å². The van der Waals surface area contributed by atoms with Crippen LogP contribution in [-0.4, -0.2) is 15.6 Å². The SMILES string of the molecule is Cn1cc(C(CC(=O)O)C2CC2)c2ccc(F)cc21. The van der Waals surface area contributed by atoms with Gasteiger partial charge in [-0.1, -0.05) is 0 Å². The molecule has 1 fully saturated rings. The minimum absolute atomic E-state index is 0.0478. The van der Waals surface area contributed by atoms with Gasteiger partial charge in [0.1, 0.15) is 5.82 Å². The van der Waals surface area contributed by atoms with E-state index in [1.54, 1.807) is 6.07 Å². The maximum Gasteiger partial charge on any atom is 0.303 e. The molecule has 1 heterocycles. The molecule has 19 heavy (non-hydrogen) atoms. The molecule has 1 aromatic heterocycles. The second kappa shape index (κ2) is 4.37. The van der Waals surface area contributed by atoms with Crippen LogP contribution < -0.4 is 0 Å². The van der Waals surface area contributed by atoms with E-state index in [2.05, 4.69) is 0 Å². The number of halogens is 1. The van der Waals surface area contributed by atoms with Crippen molar-refractivity contribution in [1.29, 1.82) is 0 Å². The highest BCUT2D eigenvalue weighted by Gasteiger charge is 2.35. The number of rotatable bonds is 4. The van der Waals surface area contributed by atoms with Crippen molar-refractivity contribution < 1.29 is 14.3 Å². The number of carbonyl (C=O) groups is 1. The van der Waals surface area contributed by atoms with Crippen LogP contribution in [0.2, 0.25) is 0 Å². The Morgan fingerprint density at radius 1 is 1.53 bits per heavy atom. The molecule has 0 aliphatic heterocycles. The Balaban J connectivity index is 2.10. The number of hydrogen-bond acceptors (Lipinski definition) is 1. The number of carboxylic acids is 1. The molecule has 1 atom stereocenters. The molecule has 2 aromatic rings. The normalized spacial score (nSPS) is 16.7. The third-order valence-corrected chi connectivity index (χ3v) is 3.97. The fourth-order valence-electron chi connectivity index (χ4n) is 2.90. The summed E-state index contributed by atoms with van der Waals surface area (Å²) < 4.78 is 15.2. The number of hydrogen-bond donors (Lipinski definition) is 1. The van der Waals surface area contributed by atoms with Gasteiger partial charge >= 0.3 is 5.97 Å². The number of carboxylic acid groups (broad SMARTS) is 1. The molecule has 0 radical (unpaired) electrons. The first-order valence-corrected chi connectivity index (χ1v) is 6.52. The fraction of sp³-hybridized carbons (Fsp3) is 0.400. The summed E-state index contributed by atoms with van der Waals surface area (Å²) in [5.74, 6) is -0.518. The maximum atomic E-state index is 13.3. The highest BCUT2D eigenvalue weighted by molar-refractivity contribution is 5.85. The lowest BCUT2D eigenvalue weighted by molar-refractivity contribution is -0.137. The number of benzene rings is 1. The van der Waals surface area contributed by atoms with Crippen molar-refractivity contribution in [3.63, 3.8) is 0 Å². The second-order valence-corrected chi connectivity index (χ2v) is 5.40. The van der Waals surface area contributed by atoms with E-state index in [0.29, 0.717) is 5.92 Å². The van der Waals surface area contributed by atoms with Gasteiger partial charge in [-0.25, -0.2) is 4.39 Å². The molecule has 1 saturated carbocycles. The van der Waals surface area contributed by atoms with Gasteiger partial charge in [-0.05, 0) is 48.4 Å². The molecule has 0 saturated heterocycles. The summed E-state index contributed by atoms with van der Waals surface area (Å²) in [7, 11) is 1.87. The van der Waals surface area contributed by atoms with Gasteiger partial charge in [0.25, 0.3) is 0 Å². The fourth-order valence-corrected chi connectivity index (χ4v) is 2.90. The lowest BCUT2D eigenvalue weighted by atomic mass is 9.91. The molecule has 1 aliphatic carbocycles. The van der Waals surface area contributed by atoms with Gasteiger partial charge in [0.15, 0.2) is 0 Å². The zero-order valence-electron chi connectivity index (χ0n) is 10.8. The van der Waals surface area contributed by atoms with Crippen molar-refractivity contribution in [2.24, 2.45) is 13.0 Å². The summed E-state index contributed by atoms with van der Waals surface area (Å²) in [4.78, 5) is 11.0. The molecule has 1 unspecified atom stereocenters. The third-order valence-electron chi connectivity index (χ3n) is 3.97. The third kappa shape index (κ3) is 2.23. The monoisotopic (exact) mass is 261 g/mol. The molecule has 3 rings (SSSR count). The zero-order chi connectivity index (χ0) is 13.6. The molecule has 1 aromatic carbocycles. The molecular weight excluding hydrogens is 245 g/mol. The second-order valence-electron chi connectivity index (χ2n) is 5.40. The summed E-state index contributed by atoms with van der Waals surface area (Å²) in [6, 6.07) is 4.71. The molecule has 1 N–H and O–H groups in total. The Labute approximate surface area is 110 Å². The van der Waals surface area contributed by atoms with Crippen molar-refractivity contribution in [3.05, 3.63) is 35.8 Å². The Morgan fingerprint density at radius 3 is 2.89 bits per heavy atom. The van der Waals surface area contributed by atoms with Crippen molar-refractivity contribution in [2.45, 2.75) is 25.2 Å². The van der Waals surface area contributed by atoms with Crippen LogP contribution in [-0.2, 0) is 11.8 Å². The van der Waals surface area contributed by atoms with Crippen LogP contribution in [0.5, 0.6) is 0 Å². The highest BCUT2D eigenvalue weighted by atomic mass is 19.1. The van der Waals surface area contributed by atoms with E-state index >= 15 is 0 Å². The van der Waals surface area contributed by atoms with Crippen LogP contribution in [0.4, 0.5) is 4.39 Å². The highest BCUT2D eigenvalue weighted by Crippen LogP contribution is 2.46. The summed E-state index contributed by atoms with van der Waals surface area (Å²) in [5, 5.41) is 10.1. The van der Waals surface area contributed by atoms with Crippen molar-refractivity contribution in [1.82, 2.24) is 4.57 Å². The van der Waals surface area contributed by atoms with E-state index in [1.165, 1.54) is 12.1 Å². The van der Waals surface area contributed by atoms with E-state index in [0.717, 1.165) is 29.3 Å². The zero-order valence-corrected chi connectivity index (χ0v) is 10.8. The standard InChI is InChI=1S/C15H16FNO2/c1-17-8-13(11-5-4-10(16)6-14(11)17)12(7-15(18)19)9-2-3-9/h4-6,8-9,12H,2-3,7H2,1H3,(H,18,19). The largest absolute Gasteiger partial charge is 0.481 e. The van der Waals surface area contributed by atoms with E-state index in [9.17, 15) is 9.18 Å². The minimum atomic E-state index is -0.768. The molecular formula is C15H16FNO2. The average molecular weight is 261 g/mol. The predicted molar refractivity (Wildman–Crippen MR) is 70.6 cm³/mol. The Morgan fingerprint density at radius 2 is 2.26 bits per heavy atom. The molecule has 0 bridgehead atoms. The smallest absolute Gasteiger partial charge is 0.303 e. The summed E-state index contributed by atoms with van der Waals surface area (Å²) in [6.07, 6.45) is 4.29. The number of aromatic nitrogens is 1. The first-order chi connectivity index (χ1) is 9.06. The van der Waals surface area contributed by atoms with Crippen LogP contribution >= 0.6 is 0 Å². The van der Waals surface area contributed by atoms with Gasteiger partial charge in [0, 0.05) is 18.6 Å². The van der Waals surface area contributed by atoms with Crippen LogP contribution in [0.3, 0.4) is 0 Å². The van der Waals surface area contributed by atoms with E-state index in [1.807, 2.05) is 17.8 Å². The minimum Gasteiger partial charge on any atom is -0.481 e. The van der Waals surface area contributed by atoms with Crippen molar-refractivity contribution in [2.75, 3.05) is 0 Å². The van der Waals surface area contributed by atoms with Crippen LogP contribution in [0, 0.1) is 11.7 Å². The molecule has 100 valence electrons. The molecule has 3 nitrogen and oxygen atoms in total. The average Bonchev–Trinajstić information content (AvgIpc) is 3.13. The van der Waals surface area contributed by atoms with Gasteiger partial charge < -0.3 is 9.67 Å².